The van der Waals surface area contributed by atoms with Crippen molar-refractivity contribution >= 4 is 28.6 Å². The molecule has 0 radical (unpaired) electrons. The zero-order valence-electron chi connectivity index (χ0n) is 13.7. The highest BCUT2D eigenvalue weighted by Gasteiger charge is 2.22. The van der Waals surface area contributed by atoms with Gasteiger partial charge in [-0.1, -0.05) is 23.9 Å². The molecule has 0 aliphatic carbocycles. The number of rotatable bonds is 4. The molecule has 0 saturated carbocycles. The van der Waals surface area contributed by atoms with Crippen LogP contribution in [-0.2, 0) is 13.0 Å². The summed E-state index contributed by atoms with van der Waals surface area (Å²) in [5, 5.41) is 9.34. The van der Waals surface area contributed by atoms with Gasteiger partial charge >= 0.3 is 0 Å². The van der Waals surface area contributed by atoms with E-state index in [-0.39, 0.29) is 0 Å². The first-order chi connectivity index (χ1) is 11.8. The fraction of sp³-hybridized carbons (Fsp3) is 0.353. The van der Waals surface area contributed by atoms with E-state index < -0.39 is 0 Å². The number of benzene rings is 1. The van der Waals surface area contributed by atoms with Gasteiger partial charge in [-0.2, -0.15) is 5.10 Å². The lowest BCUT2D eigenvalue weighted by atomic mass is 10.2. The molecule has 2 aromatic heterocycles. The van der Waals surface area contributed by atoms with Crippen LogP contribution in [0.25, 0.3) is 11.0 Å². The second-order valence-corrected chi connectivity index (χ2v) is 6.58. The van der Waals surface area contributed by atoms with Gasteiger partial charge in [-0.25, -0.2) is 9.97 Å². The zero-order valence-corrected chi connectivity index (χ0v) is 14.6. The van der Waals surface area contributed by atoms with Gasteiger partial charge in [0.1, 0.15) is 11.6 Å². The number of methoxy groups -OCH3 is 1. The number of H-pyrrole nitrogens is 1. The molecule has 0 amide bonds. The Morgan fingerprint density at radius 2 is 2.08 bits per heavy atom. The summed E-state index contributed by atoms with van der Waals surface area (Å²) in [6, 6.07) is 8.21. The van der Waals surface area contributed by atoms with E-state index in [2.05, 4.69) is 32.2 Å². The largest absolute Gasteiger partial charge is 0.497 e. The molecule has 1 aromatic carbocycles. The number of aromatic nitrogens is 4. The molecule has 0 bridgehead atoms. The summed E-state index contributed by atoms with van der Waals surface area (Å²) in [6.45, 7) is 1.78. The molecule has 3 aromatic rings. The molecule has 1 N–H and O–H groups in total. The molecule has 6 nitrogen and oxygen atoms in total. The first-order valence-corrected chi connectivity index (χ1v) is 9.18. The topological polar surface area (TPSA) is 66.9 Å². The Bertz CT molecular complexity index is 861. The minimum atomic E-state index is 0.761. The van der Waals surface area contributed by atoms with Crippen LogP contribution >= 0.6 is 11.8 Å². The number of aryl methyl sites for hydroxylation is 1. The van der Waals surface area contributed by atoms with Crippen LogP contribution in [0.2, 0.25) is 0 Å². The summed E-state index contributed by atoms with van der Waals surface area (Å²) in [5.74, 6) is 1.86. The second kappa shape index (κ2) is 6.32. The van der Waals surface area contributed by atoms with Crippen molar-refractivity contribution in [2.24, 2.45) is 0 Å². The zero-order chi connectivity index (χ0) is 16.5. The maximum atomic E-state index is 5.24. The molecule has 0 atom stereocenters. The Kier molecular flexibility index (Phi) is 4.02. The van der Waals surface area contributed by atoms with Gasteiger partial charge in [0.2, 0.25) is 0 Å². The number of ether oxygens (including phenoxy) is 1. The first kappa shape index (κ1) is 15.3. The molecule has 3 heterocycles. The predicted octanol–water partition coefficient (Wildman–Crippen LogP) is 3.04. The normalized spacial score (nSPS) is 14.0. The van der Waals surface area contributed by atoms with Crippen LogP contribution in [0.5, 0.6) is 5.75 Å². The van der Waals surface area contributed by atoms with Crippen molar-refractivity contribution < 1.29 is 4.74 Å². The average molecular weight is 341 g/mol. The van der Waals surface area contributed by atoms with Crippen molar-refractivity contribution in [1.82, 2.24) is 20.2 Å². The molecule has 0 unspecified atom stereocenters. The predicted molar refractivity (Wildman–Crippen MR) is 95.8 cm³/mol. The second-order valence-electron chi connectivity index (χ2n) is 5.81. The molecule has 124 valence electrons. The molecule has 1 aliphatic heterocycles. The molecule has 0 fully saturated rings. The van der Waals surface area contributed by atoms with Gasteiger partial charge in [0.25, 0.3) is 0 Å². The number of aromatic amines is 1. The van der Waals surface area contributed by atoms with Crippen LogP contribution < -0.4 is 9.64 Å². The van der Waals surface area contributed by atoms with Crippen molar-refractivity contribution in [1.29, 1.82) is 0 Å². The molecule has 1 aliphatic rings. The smallest absolute Gasteiger partial charge is 0.191 e. The summed E-state index contributed by atoms with van der Waals surface area (Å²) in [7, 11) is 1.69. The van der Waals surface area contributed by atoms with E-state index in [1.807, 2.05) is 18.4 Å². The lowest BCUT2D eigenvalue weighted by Gasteiger charge is -2.23. The summed E-state index contributed by atoms with van der Waals surface area (Å²) in [6.07, 6.45) is 4.04. The minimum Gasteiger partial charge on any atom is -0.497 e. The van der Waals surface area contributed by atoms with Crippen LogP contribution in [0.1, 0.15) is 17.7 Å². The summed E-state index contributed by atoms with van der Waals surface area (Å²) >= 11 is 1.55. The number of anilines is 1. The number of nitrogens with zero attached hydrogens (tertiary/aromatic N) is 4. The average Bonchev–Trinajstić information content (AvgIpc) is 2.95. The van der Waals surface area contributed by atoms with Gasteiger partial charge in [-0.15, -0.1) is 0 Å². The maximum absolute atomic E-state index is 5.24. The van der Waals surface area contributed by atoms with Crippen LogP contribution in [-0.4, -0.2) is 40.1 Å². The lowest BCUT2D eigenvalue weighted by molar-refractivity contribution is 0.414. The summed E-state index contributed by atoms with van der Waals surface area (Å²) < 4.78 is 5.24. The quantitative estimate of drug-likeness (QED) is 0.581. The Morgan fingerprint density at radius 3 is 2.83 bits per heavy atom. The van der Waals surface area contributed by atoms with E-state index in [1.54, 1.807) is 18.9 Å². The number of thioether (sulfide) groups is 1. The Labute approximate surface area is 144 Å². The van der Waals surface area contributed by atoms with Crippen LogP contribution in [0, 0.1) is 0 Å². The van der Waals surface area contributed by atoms with E-state index in [0.29, 0.717) is 0 Å². The van der Waals surface area contributed by atoms with E-state index in [9.17, 15) is 0 Å². The SMILES string of the molecule is COc1ccc(CN2CCCc3[nH]nc4nc(SC)nc2c34)cc1. The Hall–Kier alpha value is -2.28. The molecule has 4 rings (SSSR count). The fourth-order valence-corrected chi connectivity index (χ4v) is 3.46. The highest BCUT2D eigenvalue weighted by molar-refractivity contribution is 7.98. The highest BCUT2D eigenvalue weighted by atomic mass is 32.2. The van der Waals surface area contributed by atoms with E-state index in [0.717, 1.165) is 59.4 Å². The van der Waals surface area contributed by atoms with Gasteiger partial charge in [0.15, 0.2) is 10.8 Å². The molecular weight excluding hydrogens is 322 g/mol. The van der Waals surface area contributed by atoms with Gasteiger partial charge in [0.05, 0.1) is 12.5 Å². The number of hydrogen-bond acceptors (Lipinski definition) is 6. The third-order valence-electron chi connectivity index (χ3n) is 4.32. The van der Waals surface area contributed by atoms with Gasteiger partial charge < -0.3 is 9.64 Å². The van der Waals surface area contributed by atoms with Crippen molar-refractivity contribution in [2.45, 2.75) is 24.5 Å². The Balaban J connectivity index is 1.74. The van der Waals surface area contributed by atoms with Crippen molar-refractivity contribution in [2.75, 3.05) is 24.8 Å². The number of hydrogen-bond donors (Lipinski definition) is 1. The molecule has 24 heavy (non-hydrogen) atoms. The van der Waals surface area contributed by atoms with Gasteiger partial charge in [-0.3, -0.25) is 5.10 Å². The standard InChI is InChI=1S/C17H19N5OS/c1-23-12-7-5-11(6-8-12)10-22-9-3-4-13-14-15(21-20-13)18-17(24-2)19-16(14)22/h5-8H,3-4,9-10H2,1-2H3,(H,18,19,20,21). The molecule has 0 saturated heterocycles. The summed E-state index contributed by atoms with van der Waals surface area (Å²) in [4.78, 5) is 11.6. The van der Waals surface area contributed by atoms with Crippen molar-refractivity contribution in [3.8, 4) is 5.75 Å². The van der Waals surface area contributed by atoms with E-state index >= 15 is 0 Å². The van der Waals surface area contributed by atoms with E-state index in [4.69, 9.17) is 9.72 Å². The fourth-order valence-electron chi connectivity index (χ4n) is 3.10. The lowest BCUT2D eigenvalue weighted by Crippen LogP contribution is -2.24. The number of nitrogens with one attached hydrogen (secondary N) is 1. The minimum absolute atomic E-state index is 0.761. The van der Waals surface area contributed by atoms with Crippen molar-refractivity contribution in [3.63, 3.8) is 0 Å². The molecule has 0 spiro atoms. The summed E-state index contributed by atoms with van der Waals surface area (Å²) in [5.41, 5.74) is 3.14. The Morgan fingerprint density at radius 1 is 1.25 bits per heavy atom. The van der Waals surface area contributed by atoms with Crippen molar-refractivity contribution in [3.05, 3.63) is 35.5 Å². The van der Waals surface area contributed by atoms with Gasteiger partial charge in [0, 0.05) is 18.8 Å². The maximum Gasteiger partial charge on any atom is 0.191 e. The van der Waals surface area contributed by atoms with Crippen LogP contribution in [0.4, 0.5) is 5.82 Å². The first-order valence-electron chi connectivity index (χ1n) is 7.95. The van der Waals surface area contributed by atoms with Crippen LogP contribution in [0.15, 0.2) is 29.4 Å². The monoisotopic (exact) mass is 341 g/mol. The molecule has 7 heteroatoms. The third-order valence-corrected chi connectivity index (χ3v) is 4.87. The van der Waals surface area contributed by atoms with Crippen LogP contribution in [0.3, 0.4) is 0 Å². The third kappa shape index (κ3) is 2.69. The molecular formula is C17H19N5OS. The van der Waals surface area contributed by atoms with E-state index in [1.165, 1.54) is 5.56 Å². The van der Waals surface area contributed by atoms with Gasteiger partial charge in [-0.05, 0) is 36.8 Å². The highest BCUT2D eigenvalue weighted by Crippen LogP contribution is 2.32.